The topological polar surface area (TPSA) is 48.0 Å². The zero-order valence-corrected chi connectivity index (χ0v) is 16.6. The first kappa shape index (κ1) is 23.4. The molecule has 1 aromatic heterocycles. The van der Waals surface area contributed by atoms with E-state index < -0.39 is 35.2 Å². The predicted molar refractivity (Wildman–Crippen MR) is 103 cm³/mol. The highest BCUT2D eigenvalue weighted by molar-refractivity contribution is 5.95. The minimum atomic E-state index is -5.01. The lowest BCUT2D eigenvalue weighted by molar-refractivity contribution is -0.143. The monoisotopic (exact) mass is 458 g/mol. The van der Waals surface area contributed by atoms with Crippen LogP contribution >= 0.6 is 0 Å². The molecule has 0 spiro atoms. The quantitative estimate of drug-likeness (QED) is 0.470. The molecule has 170 valence electrons. The molecule has 1 heterocycles. The van der Waals surface area contributed by atoms with E-state index in [-0.39, 0.29) is 35.9 Å². The lowest BCUT2D eigenvalue weighted by Crippen LogP contribution is -2.13. The highest BCUT2D eigenvalue weighted by Gasteiger charge is 2.37. The largest absolute Gasteiger partial charge is 0.416 e. The Balaban J connectivity index is 2.15. The number of nitrogens with zero attached hydrogens (tertiary/aromatic N) is 1. The Labute approximate surface area is 178 Å². The summed E-state index contributed by atoms with van der Waals surface area (Å²) in [4.78, 5) is 11.8. The summed E-state index contributed by atoms with van der Waals surface area (Å²) in [5, 5.41) is 0. The number of halogens is 7. The first-order valence-corrected chi connectivity index (χ1v) is 9.31. The lowest BCUT2D eigenvalue weighted by atomic mass is 10.0. The number of primary amides is 1. The van der Waals surface area contributed by atoms with Gasteiger partial charge in [-0.25, -0.2) is 4.39 Å². The van der Waals surface area contributed by atoms with Crippen LogP contribution in [0.2, 0.25) is 0 Å². The van der Waals surface area contributed by atoms with Crippen molar-refractivity contribution in [2.24, 2.45) is 5.73 Å². The zero-order valence-electron chi connectivity index (χ0n) is 16.6. The number of hydrogen-bond donors (Lipinski definition) is 1. The van der Waals surface area contributed by atoms with E-state index in [1.165, 1.54) is 41.8 Å². The van der Waals surface area contributed by atoms with Crippen LogP contribution in [0.5, 0.6) is 0 Å². The van der Waals surface area contributed by atoms with Crippen molar-refractivity contribution in [3.63, 3.8) is 0 Å². The second kappa shape index (κ2) is 8.33. The molecule has 0 aliphatic heterocycles. The van der Waals surface area contributed by atoms with E-state index in [4.69, 9.17) is 5.73 Å². The number of benzene rings is 2. The lowest BCUT2D eigenvalue weighted by Gasteiger charge is -2.16. The first-order valence-electron chi connectivity index (χ1n) is 9.31. The number of alkyl halides is 6. The van der Waals surface area contributed by atoms with Gasteiger partial charge in [0, 0.05) is 17.9 Å². The van der Waals surface area contributed by atoms with Gasteiger partial charge in [-0.05, 0) is 60.9 Å². The Morgan fingerprint density at radius 2 is 1.44 bits per heavy atom. The van der Waals surface area contributed by atoms with Crippen LogP contribution in [0.15, 0.2) is 48.5 Å². The molecule has 3 aromatic rings. The molecule has 3 nitrogen and oxygen atoms in total. The number of rotatable bonds is 5. The number of carbonyl (C=O) groups is 1. The van der Waals surface area contributed by atoms with Gasteiger partial charge >= 0.3 is 12.4 Å². The van der Waals surface area contributed by atoms with Crippen LogP contribution in [-0.2, 0) is 25.3 Å². The normalized spacial score (nSPS) is 12.2. The molecule has 3 rings (SSSR count). The van der Waals surface area contributed by atoms with Crippen molar-refractivity contribution in [2.45, 2.75) is 32.2 Å². The highest BCUT2D eigenvalue weighted by atomic mass is 19.4. The van der Waals surface area contributed by atoms with Crippen LogP contribution in [0.25, 0.3) is 11.3 Å². The number of nitrogens with two attached hydrogens (primary N) is 1. The van der Waals surface area contributed by atoms with E-state index in [1.54, 1.807) is 0 Å². The maximum Gasteiger partial charge on any atom is 0.416 e. The molecule has 32 heavy (non-hydrogen) atoms. The summed E-state index contributed by atoms with van der Waals surface area (Å²) in [6.45, 7) is 1.60. The predicted octanol–water partition coefficient (Wildman–Crippen LogP) is 5.98. The summed E-state index contributed by atoms with van der Waals surface area (Å²) < 4.78 is 94.3. The van der Waals surface area contributed by atoms with E-state index in [9.17, 15) is 35.5 Å². The molecule has 10 heteroatoms. The van der Waals surface area contributed by atoms with E-state index in [0.29, 0.717) is 23.4 Å². The maximum absolute atomic E-state index is 13.3. The van der Waals surface area contributed by atoms with Crippen molar-refractivity contribution in [3.8, 4) is 11.3 Å². The fourth-order valence-electron chi connectivity index (χ4n) is 3.42. The van der Waals surface area contributed by atoms with Crippen molar-refractivity contribution < 1.29 is 35.5 Å². The van der Waals surface area contributed by atoms with Crippen molar-refractivity contribution in [3.05, 3.63) is 82.3 Å². The van der Waals surface area contributed by atoms with E-state index in [2.05, 4.69) is 0 Å². The second-order valence-corrected chi connectivity index (χ2v) is 7.22. The fourth-order valence-corrected chi connectivity index (χ4v) is 3.42. The van der Waals surface area contributed by atoms with Gasteiger partial charge in [-0.1, -0.05) is 12.1 Å². The van der Waals surface area contributed by atoms with Crippen LogP contribution in [0.3, 0.4) is 0 Å². The Morgan fingerprint density at radius 1 is 0.906 bits per heavy atom. The molecular weight excluding hydrogens is 441 g/mol. The van der Waals surface area contributed by atoms with Gasteiger partial charge in [0.15, 0.2) is 0 Å². The summed E-state index contributed by atoms with van der Waals surface area (Å²) in [6.07, 6.45) is -9.74. The van der Waals surface area contributed by atoms with E-state index in [0.717, 1.165) is 0 Å². The summed E-state index contributed by atoms with van der Waals surface area (Å²) in [5.74, 6) is -1.32. The van der Waals surface area contributed by atoms with Gasteiger partial charge < -0.3 is 10.3 Å². The third-order valence-electron chi connectivity index (χ3n) is 5.05. The van der Waals surface area contributed by atoms with Gasteiger partial charge in [-0.3, -0.25) is 4.79 Å². The Kier molecular flexibility index (Phi) is 6.08. The molecule has 0 bridgehead atoms. The third-order valence-corrected chi connectivity index (χ3v) is 5.05. The Hall–Kier alpha value is -3.30. The van der Waals surface area contributed by atoms with Crippen molar-refractivity contribution in [1.29, 1.82) is 0 Å². The number of carbonyl (C=O) groups excluding carboxylic acids is 1. The van der Waals surface area contributed by atoms with Crippen molar-refractivity contribution in [2.75, 3.05) is 0 Å². The molecule has 0 unspecified atom stereocenters. The van der Waals surface area contributed by atoms with Gasteiger partial charge in [0.05, 0.1) is 16.7 Å². The number of aryl methyl sites for hydroxylation is 1. The van der Waals surface area contributed by atoms with E-state index in [1.807, 2.05) is 0 Å². The number of amides is 1. The molecule has 0 saturated heterocycles. The smallest absolute Gasteiger partial charge is 0.366 e. The molecular formula is C22H17F7N2O. The molecule has 0 atom stereocenters. The summed E-state index contributed by atoms with van der Waals surface area (Å²) in [7, 11) is 0. The van der Waals surface area contributed by atoms with Gasteiger partial charge in [0.1, 0.15) is 5.82 Å². The van der Waals surface area contributed by atoms with Crippen molar-refractivity contribution >= 4 is 5.91 Å². The molecule has 0 aliphatic rings. The molecule has 0 radical (unpaired) electrons. The summed E-state index contributed by atoms with van der Waals surface area (Å²) >= 11 is 0. The SMILES string of the molecule is Cc1c(C(N)=O)cc(-c2cc(C(F)(F)F)cc(C(F)(F)F)c2)n1CCc1ccc(F)cc1. The number of hydrogen-bond acceptors (Lipinski definition) is 1. The summed E-state index contributed by atoms with van der Waals surface area (Å²) in [5.41, 5.74) is 2.99. The zero-order chi connectivity index (χ0) is 23.8. The van der Waals surface area contributed by atoms with Crippen LogP contribution in [0, 0.1) is 12.7 Å². The minimum absolute atomic E-state index is 0.0185. The third kappa shape index (κ3) is 4.95. The molecule has 0 fully saturated rings. The molecule has 1 amide bonds. The summed E-state index contributed by atoms with van der Waals surface area (Å²) in [6, 6.07) is 7.90. The average Bonchev–Trinajstić information content (AvgIpc) is 3.02. The Bertz CT molecular complexity index is 1110. The first-order chi connectivity index (χ1) is 14.8. The van der Waals surface area contributed by atoms with Crippen LogP contribution in [-0.4, -0.2) is 10.5 Å². The average molecular weight is 458 g/mol. The van der Waals surface area contributed by atoms with Crippen LogP contribution < -0.4 is 5.73 Å². The van der Waals surface area contributed by atoms with Gasteiger partial charge in [-0.15, -0.1) is 0 Å². The fraction of sp³-hybridized carbons (Fsp3) is 0.227. The van der Waals surface area contributed by atoms with Gasteiger partial charge in [-0.2, -0.15) is 26.3 Å². The highest BCUT2D eigenvalue weighted by Crippen LogP contribution is 2.39. The molecule has 0 aliphatic carbocycles. The van der Waals surface area contributed by atoms with Crippen LogP contribution in [0.1, 0.15) is 32.7 Å². The maximum atomic E-state index is 13.3. The van der Waals surface area contributed by atoms with Gasteiger partial charge in [0.2, 0.25) is 0 Å². The number of aromatic nitrogens is 1. The Morgan fingerprint density at radius 3 is 1.91 bits per heavy atom. The standard InChI is InChI=1S/C22H17F7N2O/c1-12-18(20(30)32)11-19(31(12)7-6-13-2-4-17(23)5-3-13)14-8-15(21(24,25)26)10-16(9-14)22(27,28)29/h2-5,8-11H,6-7H2,1H3,(H2,30,32). The van der Waals surface area contributed by atoms with Crippen LogP contribution in [0.4, 0.5) is 30.7 Å². The van der Waals surface area contributed by atoms with Crippen molar-refractivity contribution in [1.82, 2.24) is 4.57 Å². The molecule has 2 N–H and O–H groups in total. The second-order valence-electron chi connectivity index (χ2n) is 7.22. The van der Waals surface area contributed by atoms with E-state index >= 15 is 0 Å². The molecule has 0 saturated carbocycles. The molecule has 2 aromatic carbocycles. The minimum Gasteiger partial charge on any atom is -0.366 e. The van der Waals surface area contributed by atoms with Gasteiger partial charge in [0.25, 0.3) is 5.91 Å².